The fourth-order valence-electron chi connectivity index (χ4n) is 4.29. The van der Waals surface area contributed by atoms with Crippen LogP contribution in [-0.2, 0) is 11.3 Å². The number of likely N-dealkylation sites (tertiary alicyclic amines) is 1. The predicted octanol–water partition coefficient (Wildman–Crippen LogP) is 3.90. The number of carbonyl (C=O) groups is 1. The summed E-state index contributed by atoms with van der Waals surface area (Å²) in [6.07, 6.45) is -0.260. The van der Waals surface area contributed by atoms with Gasteiger partial charge in [-0.2, -0.15) is 0 Å². The summed E-state index contributed by atoms with van der Waals surface area (Å²) in [5.41, 5.74) is 2.74. The average Bonchev–Trinajstić information content (AvgIpc) is 3.27. The predicted molar refractivity (Wildman–Crippen MR) is 121 cm³/mol. The Morgan fingerprint density at radius 3 is 2.68 bits per heavy atom. The van der Waals surface area contributed by atoms with E-state index in [4.69, 9.17) is 9.72 Å². The number of imidazole rings is 1. The SMILES string of the molecule is Cc1cccc(OC[C@H](O)Cn2c([C@@H]3CC(=O)N(C(C)(C)C)C3)nc3ccccc32)c1. The van der Waals surface area contributed by atoms with E-state index in [1.807, 2.05) is 60.4 Å². The third-order valence-corrected chi connectivity index (χ3v) is 5.81. The molecular weight excluding hydrogens is 390 g/mol. The van der Waals surface area contributed by atoms with Gasteiger partial charge in [0.2, 0.25) is 5.91 Å². The smallest absolute Gasteiger partial charge is 0.223 e. The monoisotopic (exact) mass is 421 g/mol. The third kappa shape index (κ3) is 4.59. The van der Waals surface area contributed by atoms with E-state index in [1.54, 1.807) is 0 Å². The molecule has 3 aromatic rings. The Hall–Kier alpha value is -2.86. The summed E-state index contributed by atoms with van der Waals surface area (Å²) in [4.78, 5) is 19.4. The van der Waals surface area contributed by atoms with Crippen molar-refractivity contribution in [3.8, 4) is 5.75 Å². The lowest BCUT2D eigenvalue weighted by Gasteiger charge is -2.32. The minimum atomic E-state index is -0.701. The van der Waals surface area contributed by atoms with Crippen LogP contribution in [-0.4, -0.2) is 50.3 Å². The van der Waals surface area contributed by atoms with Crippen molar-refractivity contribution in [3.05, 3.63) is 59.9 Å². The highest BCUT2D eigenvalue weighted by atomic mass is 16.5. The van der Waals surface area contributed by atoms with E-state index in [9.17, 15) is 9.90 Å². The lowest BCUT2D eigenvalue weighted by Crippen LogP contribution is -2.42. The Bertz CT molecular complexity index is 1080. The highest BCUT2D eigenvalue weighted by molar-refractivity contribution is 5.81. The van der Waals surface area contributed by atoms with Crippen LogP contribution in [0.2, 0.25) is 0 Å². The largest absolute Gasteiger partial charge is 0.491 e. The van der Waals surface area contributed by atoms with Gasteiger partial charge < -0.3 is 19.3 Å². The number of aromatic nitrogens is 2. The zero-order valence-electron chi connectivity index (χ0n) is 18.7. The second kappa shape index (κ2) is 8.35. The van der Waals surface area contributed by atoms with Gasteiger partial charge in [-0.15, -0.1) is 0 Å². The summed E-state index contributed by atoms with van der Waals surface area (Å²) in [6, 6.07) is 15.7. The average molecular weight is 422 g/mol. The normalized spacial score (nSPS) is 18.0. The number of aryl methyl sites for hydroxylation is 1. The van der Waals surface area contributed by atoms with Crippen LogP contribution in [0.3, 0.4) is 0 Å². The topological polar surface area (TPSA) is 67.6 Å². The van der Waals surface area contributed by atoms with Crippen molar-refractivity contribution in [2.75, 3.05) is 13.2 Å². The lowest BCUT2D eigenvalue weighted by molar-refractivity contribution is -0.131. The van der Waals surface area contributed by atoms with Gasteiger partial charge in [-0.05, 0) is 57.5 Å². The van der Waals surface area contributed by atoms with Gasteiger partial charge in [0.25, 0.3) is 0 Å². The molecule has 1 fully saturated rings. The second-order valence-corrected chi connectivity index (χ2v) is 9.43. The van der Waals surface area contributed by atoms with Crippen molar-refractivity contribution in [1.82, 2.24) is 14.5 Å². The van der Waals surface area contributed by atoms with Crippen molar-refractivity contribution in [3.63, 3.8) is 0 Å². The highest BCUT2D eigenvalue weighted by Gasteiger charge is 2.39. The summed E-state index contributed by atoms with van der Waals surface area (Å²) in [6.45, 7) is 9.38. The molecular formula is C25H31N3O3. The van der Waals surface area contributed by atoms with Crippen LogP contribution in [0.15, 0.2) is 48.5 Å². The molecule has 1 amide bonds. The van der Waals surface area contributed by atoms with Crippen molar-refractivity contribution >= 4 is 16.9 Å². The number of aliphatic hydroxyl groups excluding tert-OH is 1. The Morgan fingerprint density at radius 2 is 1.97 bits per heavy atom. The van der Waals surface area contributed by atoms with E-state index >= 15 is 0 Å². The van der Waals surface area contributed by atoms with Crippen molar-refractivity contribution in [1.29, 1.82) is 0 Å². The summed E-state index contributed by atoms with van der Waals surface area (Å²) < 4.78 is 7.87. The molecule has 2 heterocycles. The first-order valence-corrected chi connectivity index (χ1v) is 10.9. The number of aliphatic hydroxyl groups is 1. The molecule has 1 aromatic heterocycles. The summed E-state index contributed by atoms with van der Waals surface area (Å²) in [5, 5.41) is 10.8. The maximum Gasteiger partial charge on any atom is 0.223 e. The molecule has 0 radical (unpaired) electrons. The van der Waals surface area contributed by atoms with Gasteiger partial charge in [0.05, 0.1) is 17.6 Å². The van der Waals surface area contributed by atoms with Gasteiger partial charge in [0.1, 0.15) is 24.3 Å². The first-order chi connectivity index (χ1) is 14.7. The Labute approximate surface area is 183 Å². The quantitative estimate of drug-likeness (QED) is 0.656. The fraction of sp³-hybridized carbons (Fsp3) is 0.440. The van der Waals surface area contributed by atoms with Crippen molar-refractivity contribution < 1.29 is 14.6 Å². The number of benzene rings is 2. The Kier molecular flexibility index (Phi) is 5.75. The molecule has 0 spiro atoms. The van der Waals surface area contributed by atoms with Gasteiger partial charge in [-0.1, -0.05) is 24.3 Å². The van der Waals surface area contributed by atoms with Crippen LogP contribution in [0.1, 0.15) is 44.5 Å². The van der Waals surface area contributed by atoms with Crippen LogP contribution < -0.4 is 4.74 Å². The number of ether oxygens (including phenoxy) is 1. The molecule has 0 unspecified atom stereocenters. The fourth-order valence-corrected chi connectivity index (χ4v) is 4.29. The van der Waals surface area contributed by atoms with E-state index in [1.165, 1.54) is 0 Å². The van der Waals surface area contributed by atoms with Gasteiger partial charge in [-0.3, -0.25) is 4.79 Å². The molecule has 6 nitrogen and oxygen atoms in total. The van der Waals surface area contributed by atoms with Gasteiger partial charge >= 0.3 is 0 Å². The van der Waals surface area contributed by atoms with Crippen LogP contribution in [0.25, 0.3) is 11.0 Å². The maximum atomic E-state index is 12.7. The van der Waals surface area contributed by atoms with Gasteiger partial charge in [0.15, 0.2) is 0 Å². The molecule has 164 valence electrons. The van der Waals surface area contributed by atoms with Crippen molar-refractivity contribution in [2.24, 2.45) is 0 Å². The number of para-hydroxylation sites is 2. The van der Waals surface area contributed by atoms with Gasteiger partial charge in [-0.25, -0.2) is 4.98 Å². The van der Waals surface area contributed by atoms with Crippen LogP contribution in [0.5, 0.6) is 5.75 Å². The van der Waals surface area contributed by atoms with E-state index in [2.05, 4.69) is 25.3 Å². The second-order valence-electron chi connectivity index (χ2n) is 9.43. The van der Waals surface area contributed by atoms with Crippen LogP contribution in [0.4, 0.5) is 0 Å². The zero-order valence-corrected chi connectivity index (χ0v) is 18.7. The molecule has 6 heteroatoms. The number of nitrogens with zero attached hydrogens (tertiary/aromatic N) is 3. The number of hydrogen-bond acceptors (Lipinski definition) is 4. The molecule has 4 rings (SSSR count). The Balaban J connectivity index is 1.56. The molecule has 0 bridgehead atoms. The minimum absolute atomic E-state index is 0.00372. The number of carbonyl (C=O) groups excluding carboxylic acids is 1. The first kappa shape index (κ1) is 21.4. The molecule has 1 N–H and O–H groups in total. The maximum absolute atomic E-state index is 12.7. The molecule has 1 aliphatic heterocycles. The molecule has 1 aliphatic rings. The first-order valence-electron chi connectivity index (χ1n) is 10.9. The number of rotatable bonds is 6. The Morgan fingerprint density at radius 1 is 1.19 bits per heavy atom. The molecule has 1 saturated heterocycles. The summed E-state index contributed by atoms with van der Waals surface area (Å²) >= 11 is 0. The molecule has 2 aromatic carbocycles. The number of hydrogen-bond donors (Lipinski definition) is 1. The molecule has 0 saturated carbocycles. The molecule has 2 atom stereocenters. The number of fused-ring (bicyclic) bond motifs is 1. The van der Waals surface area contributed by atoms with Crippen molar-refractivity contribution in [2.45, 2.75) is 58.2 Å². The third-order valence-electron chi connectivity index (χ3n) is 5.81. The van der Waals surface area contributed by atoms with E-state index in [0.29, 0.717) is 19.5 Å². The summed E-state index contributed by atoms with van der Waals surface area (Å²) in [7, 11) is 0. The van der Waals surface area contributed by atoms with Crippen LogP contribution in [0, 0.1) is 6.92 Å². The minimum Gasteiger partial charge on any atom is -0.491 e. The number of amides is 1. The standard InChI is InChI=1S/C25H31N3O3/c1-17-8-7-9-20(12-17)31-16-19(29)15-27-22-11-6-5-10-21(22)26-24(27)18-13-23(30)28(14-18)25(2,3)4/h5-12,18-19,29H,13-16H2,1-4H3/t18-,19-/m1/s1. The molecule has 0 aliphatic carbocycles. The van der Waals surface area contributed by atoms with Crippen LogP contribution >= 0.6 is 0 Å². The lowest BCUT2D eigenvalue weighted by atomic mass is 10.1. The van der Waals surface area contributed by atoms with Gasteiger partial charge in [0, 0.05) is 24.4 Å². The van der Waals surface area contributed by atoms with E-state index in [-0.39, 0.29) is 24.0 Å². The zero-order chi connectivity index (χ0) is 22.2. The molecule has 31 heavy (non-hydrogen) atoms. The highest BCUT2D eigenvalue weighted by Crippen LogP contribution is 2.34. The van der Waals surface area contributed by atoms with E-state index in [0.717, 1.165) is 28.2 Å². The van der Waals surface area contributed by atoms with E-state index < -0.39 is 6.10 Å². The summed E-state index contributed by atoms with van der Waals surface area (Å²) in [5.74, 6) is 1.76.